The first-order valence-electron chi connectivity index (χ1n) is 8.75. The van der Waals surface area contributed by atoms with Crippen molar-refractivity contribution in [3.8, 4) is 6.07 Å². The molecule has 0 bridgehead atoms. The minimum atomic E-state index is -4.43. The molecule has 10 heteroatoms. The lowest BCUT2D eigenvalue weighted by molar-refractivity contribution is -0.137. The highest BCUT2D eigenvalue weighted by Gasteiger charge is 2.30. The maximum Gasteiger partial charge on any atom is 0.416 e. The summed E-state index contributed by atoms with van der Waals surface area (Å²) in [5.74, 6) is -0.694. The maximum absolute atomic E-state index is 12.2. The standard InChI is InChI=1S/C11H13ClN2.C9H7F3N2O2/c1-3-6-14-10-5-4-9(7-13)11(12)8(10)2;10-9(11,12)7-3-1-6(2-4-7)8(16)14-13-5-15/h4-5,14H,3,6H2,1-2H3;1-5H,(H,13,15)(H,14,16). The number of nitrogens with one attached hydrogen (secondary N) is 3. The van der Waals surface area contributed by atoms with Gasteiger partial charge < -0.3 is 5.32 Å². The van der Waals surface area contributed by atoms with Crippen molar-refractivity contribution < 1.29 is 22.8 Å². The van der Waals surface area contributed by atoms with E-state index >= 15 is 0 Å². The van der Waals surface area contributed by atoms with Gasteiger partial charge in [-0.25, -0.2) is 0 Å². The molecule has 0 heterocycles. The van der Waals surface area contributed by atoms with Crippen LogP contribution in [0.5, 0.6) is 0 Å². The Labute approximate surface area is 177 Å². The molecule has 0 fully saturated rings. The molecule has 0 aliphatic heterocycles. The molecule has 0 aliphatic carbocycles. The van der Waals surface area contributed by atoms with Gasteiger partial charge in [-0.1, -0.05) is 18.5 Å². The number of benzene rings is 2. The molecule has 0 unspecified atom stereocenters. The van der Waals surface area contributed by atoms with Crippen molar-refractivity contribution in [2.24, 2.45) is 0 Å². The van der Waals surface area contributed by atoms with E-state index in [0.717, 1.165) is 48.5 Å². The van der Waals surface area contributed by atoms with E-state index in [4.69, 9.17) is 16.9 Å². The van der Waals surface area contributed by atoms with Crippen LogP contribution in [0.25, 0.3) is 0 Å². The first kappa shape index (κ1) is 24.8. The molecule has 160 valence electrons. The molecule has 2 aromatic rings. The number of hydrogen-bond donors (Lipinski definition) is 3. The average molecular weight is 441 g/mol. The Hall–Kier alpha value is -3.25. The van der Waals surface area contributed by atoms with Gasteiger partial charge in [-0.05, 0) is 55.3 Å². The molecule has 0 atom stereocenters. The Morgan fingerprint density at radius 2 is 1.83 bits per heavy atom. The summed E-state index contributed by atoms with van der Waals surface area (Å²) in [4.78, 5) is 21.0. The van der Waals surface area contributed by atoms with E-state index in [9.17, 15) is 22.8 Å². The van der Waals surface area contributed by atoms with Crippen LogP contribution in [0.15, 0.2) is 36.4 Å². The van der Waals surface area contributed by atoms with Crippen LogP contribution >= 0.6 is 11.6 Å². The summed E-state index contributed by atoms with van der Waals surface area (Å²) in [7, 11) is 0. The monoisotopic (exact) mass is 440 g/mol. The molecule has 6 nitrogen and oxygen atoms in total. The van der Waals surface area contributed by atoms with Crippen molar-refractivity contribution in [3.63, 3.8) is 0 Å². The van der Waals surface area contributed by atoms with Gasteiger partial charge in [0.25, 0.3) is 5.91 Å². The van der Waals surface area contributed by atoms with E-state index in [2.05, 4.69) is 18.3 Å². The van der Waals surface area contributed by atoms with Crippen LogP contribution in [-0.2, 0) is 11.0 Å². The number of nitrogens with zero attached hydrogens (tertiary/aromatic N) is 1. The summed E-state index contributed by atoms with van der Waals surface area (Å²) in [5.41, 5.74) is 5.52. The third kappa shape index (κ3) is 7.29. The van der Waals surface area contributed by atoms with Crippen LogP contribution in [0.1, 0.15) is 40.4 Å². The molecule has 0 saturated carbocycles. The zero-order chi connectivity index (χ0) is 22.7. The number of rotatable bonds is 6. The van der Waals surface area contributed by atoms with E-state index in [-0.39, 0.29) is 12.0 Å². The van der Waals surface area contributed by atoms with E-state index in [0.29, 0.717) is 10.6 Å². The van der Waals surface area contributed by atoms with Gasteiger partial charge in [0.15, 0.2) is 0 Å². The van der Waals surface area contributed by atoms with Gasteiger partial charge in [0.2, 0.25) is 6.41 Å². The number of anilines is 1. The molecule has 0 aliphatic rings. The lowest BCUT2D eigenvalue weighted by Crippen LogP contribution is -2.36. The van der Waals surface area contributed by atoms with Crippen LogP contribution in [-0.4, -0.2) is 18.9 Å². The number of carbonyl (C=O) groups is 2. The molecule has 0 spiro atoms. The molecule has 0 radical (unpaired) electrons. The summed E-state index contributed by atoms with van der Waals surface area (Å²) >= 11 is 6.01. The summed E-state index contributed by atoms with van der Waals surface area (Å²) in [6, 6.07) is 9.31. The van der Waals surface area contributed by atoms with E-state index < -0.39 is 17.6 Å². The second-order valence-corrected chi connectivity index (χ2v) is 6.31. The maximum atomic E-state index is 12.2. The minimum absolute atomic E-state index is 0.0161. The van der Waals surface area contributed by atoms with Crippen molar-refractivity contribution >= 4 is 29.6 Å². The highest BCUT2D eigenvalue weighted by molar-refractivity contribution is 6.32. The molecule has 0 saturated heterocycles. The first-order chi connectivity index (χ1) is 14.1. The van der Waals surface area contributed by atoms with Gasteiger partial charge in [0.1, 0.15) is 6.07 Å². The third-order valence-electron chi connectivity index (χ3n) is 3.79. The van der Waals surface area contributed by atoms with Crippen LogP contribution in [0.3, 0.4) is 0 Å². The molecule has 2 rings (SSSR count). The third-order valence-corrected chi connectivity index (χ3v) is 4.28. The van der Waals surface area contributed by atoms with Crippen molar-refractivity contribution in [2.75, 3.05) is 11.9 Å². The van der Waals surface area contributed by atoms with Crippen LogP contribution in [0, 0.1) is 18.3 Å². The van der Waals surface area contributed by atoms with Gasteiger partial charge >= 0.3 is 6.18 Å². The Kier molecular flexibility index (Phi) is 9.65. The molecular weight excluding hydrogens is 421 g/mol. The fourth-order valence-corrected chi connectivity index (χ4v) is 2.41. The number of hydrazine groups is 1. The van der Waals surface area contributed by atoms with Crippen molar-refractivity contribution in [1.29, 1.82) is 5.26 Å². The second-order valence-electron chi connectivity index (χ2n) is 5.93. The summed E-state index contributed by atoms with van der Waals surface area (Å²) in [6.45, 7) is 4.94. The normalized spacial score (nSPS) is 10.2. The van der Waals surface area contributed by atoms with Gasteiger partial charge in [-0.3, -0.25) is 20.4 Å². The number of carbonyl (C=O) groups excluding carboxylic acids is 2. The lowest BCUT2D eigenvalue weighted by atomic mass is 10.1. The number of hydrogen-bond acceptors (Lipinski definition) is 4. The van der Waals surface area contributed by atoms with Crippen molar-refractivity contribution in [3.05, 3.63) is 63.7 Å². The van der Waals surface area contributed by atoms with Crippen LogP contribution < -0.4 is 16.2 Å². The lowest BCUT2D eigenvalue weighted by Gasteiger charge is -2.10. The largest absolute Gasteiger partial charge is 0.416 e. The molecule has 0 aromatic heterocycles. The SMILES string of the molecule is CCCNc1ccc(C#N)c(Cl)c1C.O=CNNC(=O)c1ccc(C(F)(F)F)cc1. The van der Waals surface area contributed by atoms with Gasteiger partial charge in [0.05, 0.1) is 16.1 Å². The van der Waals surface area contributed by atoms with Gasteiger partial charge in [0, 0.05) is 17.8 Å². The minimum Gasteiger partial charge on any atom is -0.385 e. The number of amides is 2. The molecule has 2 amide bonds. The highest BCUT2D eigenvalue weighted by Crippen LogP contribution is 2.29. The Morgan fingerprint density at radius 1 is 1.20 bits per heavy atom. The zero-order valence-electron chi connectivity index (χ0n) is 16.2. The molecule has 2 aromatic carbocycles. The van der Waals surface area contributed by atoms with E-state index in [1.165, 1.54) is 0 Å². The van der Waals surface area contributed by atoms with Crippen LogP contribution in [0.2, 0.25) is 5.02 Å². The van der Waals surface area contributed by atoms with E-state index in [1.54, 1.807) is 6.07 Å². The predicted octanol–water partition coefficient (Wildman–Crippen LogP) is 4.44. The second kappa shape index (κ2) is 11.7. The molecule has 3 N–H and O–H groups in total. The number of halogens is 4. The van der Waals surface area contributed by atoms with Crippen molar-refractivity contribution in [2.45, 2.75) is 26.4 Å². The average Bonchev–Trinajstić information content (AvgIpc) is 2.73. The fraction of sp³-hybridized carbons (Fsp3) is 0.250. The molecule has 30 heavy (non-hydrogen) atoms. The summed E-state index contributed by atoms with van der Waals surface area (Å²) < 4.78 is 36.5. The van der Waals surface area contributed by atoms with Crippen molar-refractivity contribution in [1.82, 2.24) is 10.9 Å². The number of nitriles is 1. The smallest absolute Gasteiger partial charge is 0.385 e. The highest BCUT2D eigenvalue weighted by atomic mass is 35.5. The Morgan fingerprint density at radius 3 is 2.33 bits per heavy atom. The Balaban J connectivity index is 0.000000303. The summed E-state index contributed by atoms with van der Waals surface area (Å²) in [5, 5.41) is 12.6. The Bertz CT molecular complexity index is 910. The first-order valence-corrected chi connectivity index (χ1v) is 9.13. The summed E-state index contributed by atoms with van der Waals surface area (Å²) in [6.07, 6.45) is -3.13. The fourth-order valence-electron chi connectivity index (χ4n) is 2.20. The van der Waals surface area contributed by atoms with Gasteiger partial charge in [-0.15, -0.1) is 0 Å². The van der Waals surface area contributed by atoms with E-state index in [1.807, 2.05) is 23.8 Å². The zero-order valence-corrected chi connectivity index (χ0v) is 17.0. The number of alkyl halides is 3. The predicted molar refractivity (Wildman–Crippen MR) is 108 cm³/mol. The van der Waals surface area contributed by atoms with Crippen LogP contribution in [0.4, 0.5) is 18.9 Å². The van der Waals surface area contributed by atoms with Gasteiger partial charge in [-0.2, -0.15) is 18.4 Å². The quantitative estimate of drug-likeness (QED) is 0.457. The molecular formula is C20H20ClF3N4O2. The topological polar surface area (TPSA) is 94.0 Å².